The summed E-state index contributed by atoms with van der Waals surface area (Å²) in [6, 6.07) is 27.8. The monoisotopic (exact) mass is 340 g/mol. The van der Waals surface area contributed by atoms with Crippen molar-refractivity contribution in [3.8, 4) is 0 Å². The van der Waals surface area contributed by atoms with Crippen LogP contribution in [-0.2, 0) is 19.4 Å². The Bertz CT molecular complexity index is 999. The Morgan fingerprint density at radius 1 is 0.808 bits per heavy atom. The highest BCUT2D eigenvalue weighted by Crippen LogP contribution is 2.21. The third-order valence-corrected chi connectivity index (χ3v) is 5.03. The molecule has 0 radical (unpaired) electrons. The standard InChI is InChI=1S/C24H24N2/c1-19-10-5-6-14-21(19)18-24-25-22-15-7-8-16-23(22)26(24)17-9-13-20-11-3-2-4-12-20/h2-8,10-12,14-16H,9,13,17-18H2,1H3. The minimum atomic E-state index is 0.882. The number of hydrogen-bond donors (Lipinski definition) is 0. The van der Waals surface area contributed by atoms with Crippen LogP contribution in [0.3, 0.4) is 0 Å². The fourth-order valence-corrected chi connectivity index (χ4v) is 3.57. The Kier molecular flexibility index (Phi) is 4.83. The molecular weight excluding hydrogens is 316 g/mol. The van der Waals surface area contributed by atoms with E-state index in [0.717, 1.165) is 37.1 Å². The summed E-state index contributed by atoms with van der Waals surface area (Å²) < 4.78 is 2.41. The van der Waals surface area contributed by atoms with Crippen LogP contribution in [0.2, 0.25) is 0 Å². The normalized spacial score (nSPS) is 11.1. The van der Waals surface area contributed by atoms with Crippen molar-refractivity contribution < 1.29 is 0 Å². The molecule has 130 valence electrons. The van der Waals surface area contributed by atoms with Crippen LogP contribution in [-0.4, -0.2) is 9.55 Å². The molecule has 0 saturated carbocycles. The zero-order chi connectivity index (χ0) is 17.8. The topological polar surface area (TPSA) is 17.8 Å². The largest absolute Gasteiger partial charge is 0.328 e. The van der Waals surface area contributed by atoms with Gasteiger partial charge < -0.3 is 4.57 Å². The highest BCUT2D eigenvalue weighted by Gasteiger charge is 2.11. The summed E-state index contributed by atoms with van der Waals surface area (Å²) in [4.78, 5) is 4.94. The summed E-state index contributed by atoms with van der Waals surface area (Å²) in [5.41, 5.74) is 6.42. The number of benzene rings is 3. The molecule has 0 aliphatic carbocycles. The predicted molar refractivity (Wildman–Crippen MR) is 108 cm³/mol. The fourth-order valence-electron chi connectivity index (χ4n) is 3.57. The second-order valence-electron chi connectivity index (χ2n) is 6.86. The Labute approximate surface area is 155 Å². The average Bonchev–Trinajstić information content (AvgIpc) is 3.02. The molecule has 26 heavy (non-hydrogen) atoms. The maximum absolute atomic E-state index is 4.94. The van der Waals surface area contributed by atoms with Crippen molar-refractivity contribution in [1.29, 1.82) is 0 Å². The van der Waals surface area contributed by atoms with Gasteiger partial charge in [0.25, 0.3) is 0 Å². The number of para-hydroxylation sites is 2. The van der Waals surface area contributed by atoms with Gasteiger partial charge in [-0.2, -0.15) is 0 Å². The molecule has 0 aliphatic heterocycles. The van der Waals surface area contributed by atoms with Gasteiger partial charge in [0.05, 0.1) is 11.0 Å². The van der Waals surface area contributed by atoms with Crippen molar-refractivity contribution in [3.63, 3.8) is 0 Å². The van der Waals surface area contributed by atoms with Gasteiger partial charge in [-0.1, -0.05) is 66.7 Å². The molecule has 0 atom stereocenters. The van der Waals surface area contributed by atoms with Crippen molar-refractivity contribution in [2.24, 2.45) is 0 Å². The van der Waals surface area contributed by atoms with E-state index in [1.165, 1.54) is 22.2 Å². The van der Waals surface area contributed by atoms with E-state index in [9.17, 15) is 0 Å². The first kappa shape index (κ1) is 16.6. The molecule has 4 rings (SSSR count). The Hall–Kier alpha value is -2.87. The van der Waals surface area contributed by atoms with Crippen molar-refractivity contribution >= 4 is 11.0 Å². The number of imidazole rings is 1. The Morgan fingerprint density at radius 2 is 1.54 bits per heavy atom. The van der Waals surface area contributed by atoms with Crippen LogP contribution in [0.25, 0.3) is 11.0 Å². The molecule has 0 spiro atoms. The molecule has 1 heterocycles. The lowest BCUT2D eigenvalue weighted by atomic mass is 10.1. The van der Waals surface area contributed by atoms with E-state index in [1.807, 2.05) is 0 Å². The van der Waals surface area contributed by atoms with Crippen molar-refractivity contribution in [3.05, 3.63) is 101 Å². The van der Waals surface area contributed by atoms with E-state index in [1.54, 1.807) is 0 Å². The molecule has 0 unspecified atom stereocenters. The van der Waals surface area contributed by atoms with E-state index >= 15 is 0 Å². The summed E-state index contributed by atoms with van der Waals surface area (Å²) >= 11 is 0. The van der Waals surface area contributed by atoms with Gasteiger partial charge in [0.1, 0.15) is 5.82 Å². The van der Waals surface area contributed by atoms with Crippen LogP contribution < -0.4 is 0 Å². The van der Waals surface area contributed by atoms with Gasteiger partial charge >= 0.3 is 0 Å². The van der Waals surface area contributed by atoms with E-state index in [2.05, 4.69) is 90.4 Å². The predicted octanol–water partition coefficient (Wildman–Crippen LogP) is 5.57. The van der Waals surface area contributed by atoms with Crippen LogP contribution in [0.1, 0.15) is 28.9 Å². The summed E-state index contributed by atoms with van der Waals surface area (Å²) in [5, 5.41) is 0. The third kappa shape index (κ3) is 3.55. The van der Waals surface area contributed by atoms with Crippen molar-refractivity contribution in [2.75, 3.05) is 0 Å². The number of nitrogens with zero attached hydrogens (tertiary/aromatic N) is 2. The van der Waals surface area contributed by atoms with Crippen LogP contribution >= 0.6 is 0 Å². The van der Waals surface area contributed by atoms with Crippen LogP contribution in [0.5, 0.6) is 0 Å². The zero-order valence-corrected chi connectivity index (χ0v) is 15.2. The summed E-state index contributed by atoms with van der Waals surface area (Å²) in [7, 11) is 0. The number of aromatic nitrogens is 2. The van der Waals surface area contributed by atoms with Crippen LogP contribution in [0.15, 0.2) is 78.9 Å². The number of hydrogen-bond acceptors (Lipinski definition) is 1. The smallest absolute Gasteiger partial charge is 0.114 e. The highest BCUT2D eigenvalue weighted by atomic mass is 15.1. The first-order chi connectivity index (χ1) is 12.8. The molecule has 2 heteroatoms. The maximum atomic E-state index is 4.94. The maximum Gasteiger partial charge on any atom is 0.114 e. The van der Waals surface area contributed by atoms with E-state index < -0.39 is 0 Å². The van der Waals surface area contributed by atoms with Crippen molar-refractivity contribution in [1.82, 2.24) is 9.55 Å². The molecular formula is C24H24N2. The summed E-state index contributed by atoms with van der Waals surface area (Å²) in [5.74, 6) is 1.16. The molecule has 0 bridgehead atoms. The Morgan fingerprint density at radius 3 is 2.38 bits per heavy atom. The molecule has 0 saturated heterocycles. The lowest BCUT2D eigenvalue weighted by molar-refractivity contribution is 0.632. The first-order valence-electron chi connectivity index (χ1n) is 9.34. The van der Waals surface area contributed by atoms with Gasteiger partial charge in [-0.15, -0.1) is 0 Å². The van der Waals surface area contributed by atoms with E-state index in [0.29, 0.717) is 0 Å². The molecule has 0 N–H and O–H groups in total. The highest BCUT2D eigenvalue weighted by molar-refractivity contribution is 5.76. The van der Waals surface area contributed by atoms with E-state index in [4.69, 9.17) is 4.98 Å². The molecule has 0 fully saturated rings. The second-order valence-corrected chi connectivity index (χ2v) is 6.86. The van der Waals surface area contributed by atoms with Crippen LogP contribution in [0.4, 0.5) is 0 Å². The first-order valence-corrected chi connectivity index (χ1v) is 9.34. The van der Waals surface area contributed by atoms with Gasteiger partial charge in [0.2, 0.25) is 0 Å². The SMILES string of the molecule is Cc1ccccc1Cc1nc2ccccc2n1CCCc1ccccc1. The lowest BCUT2D eigenvalue weighted by Gasteiger charge is -2.11. The molecule has 4 aromatic rings. The number of fused-ring (bicyclic) bond motifs is 1. The van der Waals surface area contributed by atoms with Gasteiger partial charge in [0, 0.05) is 13.0 Å². The zero-order valence-electron chi connectivity index (χ0n) is 15.2. The Balaban J connectivity index is 1.60. The fraction of sp³-hybridized carbons (Fsp3) is 0.208. The average molecular weight is 340 g/mol. The third-order valence-electron chi connectivity index (χ3n) is 5.03. The minimum Gasteiger partial charge on any atom is -0.328 e. The summed E-state index contributed by atoms with van der Waals surface area (Å²) in [6.07, 6.45) is 3.09. The van der Waals surface area contributed by atoms with Gasteiger partial charge in [-0.3, -0.25) is 0 Å². The quantitative estimate of drug-likeness (QED) is 0.449. The molecule has 1 aromatic heterocycles. The van der Waals surface area contributed by atoms with Gasteiger partial charge in [-0.05, 0) is 48.6 Å². The van der Waals surface area contributed by atoms with Crippen molar-refractivity contribution in [2.45, 2.75) is 32.7 Å². The summed E-state index contributed by atoms with van der Waals surface area (Å²) in [6.45, 7) is 3.17. The second kappa shape index (κ2) is 7.57. The molecule has 0 aliphatic rings. The minimum absolute atomic E-state index is 0.882. The van der Waals surface area contributed by atoms with E-state index in [-0.39, 0.29) is 0 Å². The molecule has 3 aromatic carbocycles. The number of rotatable bonds is 6. The van der Waals surface area contributed by atoms with Gasteiger partial charge in [-0.25, -0.2) is 4.98 Å². The van der Waals surface area contributed by atoms with Crippen LogP contribution in [0, 0.1) is 6.92 Å². The lowest BCUT2D eigenvalue weighted by Crippen LogP contribution is -2.06. The molecule has 0 amide bonds. The number of aryl methyl sites for hydroxylation is 3. The van der Waals surface area contributed by atoms with Gasteiger partial charge in [0.15, 0.2) is 0 Å². The molecule has 2 nitrogen and oxygen atoms in total.